The second kappa shape index (κ2) is 7.29. The van der Waals surface area contributed by atoms with Gasteiger partial charge in [-0.2, -0.15) is 0 Å². The van der Waals surface area contributed by atoms with Crippen molar-refractivity contribution in [1.82, 2.24) is 20.0 Å². The molecule has 2 heterocycles. The lowest BCUT2D eigenvalue weighted by Gasteiger charge is -2.20. The Bertz CT molecular complexity index is 922. The van der Waals surface area contributed by atoms with Crippen molar-refractivity contribution in [3.8, 4) is 11.3 Å². The SMILES string of the molecule is CC(C)(C)NC(=O)CNC(=O)Cc1csc2nc(-c3ccccc3)cn12. The molecule has 0 bridgehead atoms. The molecule has 0 aliphatic rings. The van der Waals surface area contributed by atoms with Gasteiger partial charge in [-0.1, -0.05) is 30.3 Å². The summed E-state index contributed by atoms with van der Waals surface area (Å²) in [6, 6.07) is 9.92. The smallest absolute Gasteiger partial charge is 0.239 e. The molecule has 0 fully saturated rings. The summed E-state index contributed by atoms with van der Waals surface area (Å²) in [7, 11) is 0. The molecule has 0 saturated carbocycles. The molecule has 1 aromatic carbocycles. The summed E-state index contributed by atoms with van der Waals surface area (Å²) in [5.41, 5.74) is 2.46. The van der Waals surface area contributed by atoms with Crippen molar-refractivity contribution in [3.63, 3.8) is 0 Å². The maximum atomic E-state index is 12.2. The summed E-state index contributed by atoms with van der Waals surface area (Å²) >= 11 is 1.50. The van der Waals surface area contributed by atoms with Gasteiger partial charge in [0.15, 0.2) is 4.96 Å². The Morgan fingerprint density at radius 3 is 2.58 bits per heavy atom. The molecule has 0 aliphatic carbocycles. The van der Waals surface area contributed by atoms with Crippen LogP contribution in [0.25, 0.3) is 16.2 Å². The molecule has 26 heavy (non-hydrogen) atoms. The van der Waals surface area contributed by atoms with Gasteiger partial charge in [0.05, 0.1) is 18.7 Å². The number of amides is 2. The maximum absolute atomic E-state index is 12.2. The standard InChI is InChI=1S/C19H22N4O2S/c1-19(2,3)22-17(25)10-20-16(24)9-14-12-26-18-21-15(11-23(14)18)13-7-5-4-6-8-13/h4-8,11-12H,9-10H2,1-3H3,(H,20,24)(H,22,25). The molecule has 6 nitrogen and oxygen atoms in total. The first-order valence-electron chi connectivity index (χ1n) is 8.40. The minimum atomic E-state index is -0.314. The zero-order chi connectivity index (χ0) is 18.7. The molecule has 2 aromatic heterocycles. The van der Waals surface area contributed by atoms with Crippen LogP contribution in [0.4, 0.5) is 0 Å². The van der Waals surface area contributed by atoms with Gasteiger partial charge in [-0.25, -0.2) is 4.98 Å². The van der Waals surface area contributed by atoms with E-state index in [1.54, 1.807) is 0 Å². The molecule has 3 rings (SSSR count). The van der Waals surface area contributed by atoms with E-state index in [1.165, 1.54) is 11.3 Å². The number of benzene rings is 1. The topological polar surface area (TPSA) is 75.5 Å². The minimum Gasteiger partial charge on any atom is -0.350 e. The van der Waals surface area contributed by atoms with Crippen molar-refractivity contribution < 1.29 is 9.59 Å². The lowest BCUT2D eigenvalue weighted by molar-refractivity contribution is -0.126. The third kappa shape index (κ3) is 4.49. The number of nitrogens with zero attached hydrogens (tertiary/aromatic N) is 2. The van der Waals surface area contributed by atoms with Gasteiger partial charge in [-0.15, -0.1) is 11.3 Å². The summed E-state index contributed by atoms with van der Waals surface area (Å²) in [4.78, 5) is 29.4. The van der Waals surface area contributed by atoms with Gasteiger partial charge in [-0.05, 0) is 20.8 Å². The highest BCUT2D eigenvalue weighted by Gasteiger charge is 2.16. The highest BCUT2D eigenvalue weighted by atomic mass is 32.1. The monoisotopic (exact) mass is 370 g/mol. The van der Waals surface area contributed by atoms with Crippen molar-refractivity contribution in [2.45, 2.75) is 32.7 Å². The Morgan fingerprint density at radius 1 is 1.15 bits per heavy atom. The van der Waals surface area contributed by atoms with Crippen LogP contribution in [0.2, 0.25) is 0 Å². The predicted octanol–water partition coefficient (Wildman–Crippen LogP) is 2.64. The van der Waals surface area contributed by atoms with E-state index in [0.717, 1.165) is 21.9 Å². The van der Waals surface area contributed by atoms with E-state index in [0.29, 0.717) is 0 Å². The number of imidazole rings is 1. The Labute approximate surface area is 156 Å². The summed E-state index contributed by atoms with van der Waals surface area (Å²) in [6.45, 7) is 5.68. The molecule has 3 aromatic rings. The molecule has 0 aliphatic heterocycles. The van der Waals surface area contributed by atoms with Crippen LogP contribution in [-0.4, -0.2) is 33.3 Å². The molecule has 0 saturated heterocycles. The third-order valence-electron chi connectivity index (χ3n) is 3.66. The summed E-state index contributed by atoms with van der Waals surface area (Å²) in [6.07, 6.45) is 2.14. The molecular weight excluding hydrogens is 348 g/mol. The predicted molar refractivity (Wildman–Crippen MR) is 103 cm³/mol. The van der Waals surface area contributed by atoms with Crippen molar-refractivity contribution in [1.29, 1.82) is 0 Å². The largest absolute Gasteiger partial charge is 0.350 e. The molecule has 7 heteroatoms. The number of fused-ring (bicyclic) bond motifs is 1. The minimum absolute atomic E-state index is 0.0252. The highest BCUT2D eigenvalue weighted by molar-refractivity contribution is 7.15. The van der Waals surface area contributed by atoms with E-state index in [9.17, 15) is 9.59 Å². The van der Waals surface area contributed by atoms with E-state index in [1.807, 2.05) is 67.1 Å². The van der Waals surface area contributed by atoms with Crippen molar-refractivity contribution in [2.75, 3.05) is 6.54 Å². The molecule has 0 spiro atoms. The Morgan fingerprint density at radius 2 is 1.88 bits per heavy atom. The van der Waals surface area contributed by atoms with Crippen LogP contribution in [-0.2, 0) is 16.0 Å². The van der Waals surface area contributed by atoms with Gasteiger partial charge in [0.2, 0.25) is 11.8 Å². The zero-order valence-electron chi connectivity index (χ0n) is 15.1. The van der Waals surface area contributed by atoms with Crippen LogP contribution >= 0.6 is 11.3 Å². The van der Waals surface area contributed by atoms with Crippen LogP contribution in [0, 0.1) is 0 Å². The van der Waals surface area contributed by atoms with Gasteiger partial charge in [-0.3, -0.25) is 14.0 Å². The van der Waals surface area contributed by atoms with Gasteiger partial charge < -0.3 is 10.6 Å². The van der Waals surface area contributed by atoms with Crippen LogP contribution in [0.15, 0.2) is 41.9 Å². The molecule has 0 unspecified atom stereocenters. The summed E-state index contributed by atoms with van der Waals surface area (Å²) in [5, 5.41) is 7.41. The van der Waals surface area contributed by atoms with Crippen LogP contribution in [0.3, 0.4) is 0 Å². The second-order valence-corrected chi connectivity index (χ2v) is 7.96. The number of hydrogen-bond acceptors (Lipinski definition) is 4. The Balaban J connectivity index is 1.65. The van der Waals surface area contributed by atoms with E-state index >= 15 is 0 Å². The molecule has 0 atom stereocenters. The second-order valence-electron chi connectivity index (χ2n) is 7.12. The zero-order valence-corrected chi connectivity index (χ0v) is 15.9. The normalized spacial score (nSPS) is 11.5. The van der Waals surface area contributed by atoms with Crippen LogP contribution in [0.1, 0.15) is 26.5 Å². The maximum Gasteiger partial charge on any atom is 0.239 e. The first kappa shape index (κ1) is 18.1. The number of carbonyl (C=O) groups is 2. The highest BCUT2D eigenvalue weighted by Crippen LogP contribution is 2.23. The number of carbonyl (C=O) groups excluding carboxylic acids is 2. The molecule has 0 radical (unpaired) electrons. The number of rotatable bonds is 5. The molecule has 2 N–H and O–H groups in total. The fourth-order valence-corrected chi connectivity index (χ4v) is 3.45. The van der Waals surface area contributed by atoms with Crippen LogP contribution < -0.4 is 10.6 Å². The van der Waals surface area contributed by atoms with E-state index < -0.39 is 0 Å². The first-order chi connectivity index (χ1) is 12.3. The fourth-order valence-electron chi connectivity index (χ4n) is 2.57. The average molecular weight is 370 g/mol. The van der Waals surface area contributed by atoms with E-state index in [-0.39, 0.29) is 30.3 Å². The third-order valence-corrected chi connectivity index (χ3v) is 4.54. The van der Waals surface area contributed by atoms with Crippen LogP contribution in [0.5, 0.6) is 0 Å². The molecule has 136 valence electrons. The lowest BCUT2D eigenvalue weighted by atomic mass is 10.1. The molecule has 2 amide bonds. The summed E-state index contributed by atoms with van der Waals surface area (Å²) < 4.78 is 1.93. The fraction of sp³-hybridized carbons (Fsp3) is 0.316. The number of thiazole rings is 1. The van der Waals surface area contributed by atoms with Gasteiger partial charge >= 0.3 is 0 Å². The van der Waals surface area contributed by atoms with Crippen molar-refractivity contribution >= 4 is 28.1 Å². The van der Waals surface area contributed by atoms with Gasteiger partial charge in [0, 0.05) is 28.4 Å². The van der Waals surface area contributed by atoms with E-state index in [4.69, 9.17) is 0 Å². The van der Waals surface area contributed by atoms with Gasteiger partial charge in [0.1, 0.15) is 0 Å². The number of aromatic nitrogens is 2. The lowest BCUT2D eigenvalue weighted by Crippen LogP contribution is -2.46. The molecular formula is C19H22N4O2S. The Kier molecular flexibility index (Phi) is 5.08. The van der Waals surface area contributed by atoms with E-state index in [2.05, 4.69) is 15.6 Å². The van der Waals surface area contributed by atoms with Gasteiger partial charge in [0.25, 0.3) is 0 Å². The first-order valence-corrected chi connectivity index (χ1v) is 9.28. The summed E-state index contributed by atoms with van der Waals surface area (Å²) in [5.74, 6) is -0.390. The Hall–Kier alpha value is -2.67. The van der Waals surface area contributed by atoms with Crippen molar-refractivity contribution in [3.05, 3.63) is 47.6 Å². The average Bonchev–Trinajstić information content (AvgIpc) is 3.14. The number of hydrogen-bond donors (Lipinski definition) is 2. The number of nitrogens with one attached hydrogen (secondary N) is 2. The van der Waals surface area contributed by atoms with Crippen molar-refractivity contribution in [2.24, 2.45) is 0 Å². The quantitative estimate of drug-likeness (QED) is 0.725.